The molecule has 1 aromatic rings. The van der Waals surface area contributed by atoms with Gasteiger partial charge in [-0.05, 0) is 24.6 Å². The Morgan fingerprint density at radius 3 is 2.53 bits per heavy atom. The van der Waals surface area contributed by atoms with E-state index in [9.17, 15) is 0 Å². The standard InChI is InChI=1S/C11H15ClO3/c1-8-4-5-9(12)10(6-8)15-7-11(13-2)14-3/h4-6,11H,7H2,1-3H3. The fourth-order valence-electron chi connectivity index (χ4n) is 1.11. The molecule has 0 amide bonds. The van der Waals surface area contributed by atoms with E-state index >= 15 is 0 Å². The summed E-state index contributed by atoms with van der Waals surface area (Å²) in [7, 11) is 3.13. The molecular formula is C11H15ClO3. The smallest absolute Gasteiger partial charge is 0.191 e. The Morgan fingerprint density at radius 1 is 1.27 bits per heavy atom. The van der Waals surface area contributed by atoms with E-state index in [0.29, 0.717) is 17.4 Å². The van der Waals surface area contributed by atoms with Crippen LogP contribution in [0.3, 0.4) is 0 Å². The van der Waals surface area contributed by atoms with Crippen LogP contribution >= 0.6 is 11.6 Å². The van der Waals surface area contributed by atoms with Crippen molar-refractivity contribution < 1.29 is 14.2 Å². The van der Waals surface area contributed by atoms with E-state index in [0.717, 1.165) is 5.56 Å². The molecule has 0 atom stereocenters. The SMILES string of the molecule is COC(COc1cc(C)ccc1Cl)OC. The fourth-order valence-corrected chi connectivity index (χ4v) is 1.28. The van der Waals surface area contributed by atoms with Crippen LogP contribution in [0, 0.1) is 6.92 Å². The van der Waals surface area contributed by atoms with Gasteiger partial charge in [0, 0.05) is 14.2 Å². The minimum atomic E-state index is -0.374. The van der Waals surface area contributed by atoms with Crippen molar-refractivity contribution in [2.45, 2.75) is 13.2 Å². The van der Waals surface area contributed by atoms with E-state index in [4.69, 9.17) is 25.8 Å². The third-order valence-corrected chi connectivity index (χ3v) is 2.30. The minimum absolute atomic E-state index is 0.316. The van der Waals surface area contributed by atoms with Gasteiger partial charge in [-0.15, -0.1) is 0 Å². The van der Waals surface area contributed by atoms with Crippen molar-refractivity contribution in [2.75, 3.05) is 20.8 Å². The van der Waals surface area contributed by atoms with E-state index in [-0.39, 0.29) is 6.29 Å². The van der Waals surface area contributed by atoms with Gasteiger partial charge in [-0.3, -0.25) is 0 Å². The van der Waals surface area contributed by atoms with Crippen LogP contribution in [-0.4, -0.2) is 27.1 Å². The summed E-state index contributed by atoms with van der Waals surface area (Å²) in [5.74, 6) is 0.649. The monoisotopic (exact) mass is 230 g/mol. The first-order chi connectivity index (χ1) is 7.17. The van der Waals surface area contributed by atoms with Crippen LogP contribution in [0.1, 0.15) is 5.56 Å². The molecule has 1 aromatic carbocycles. The van der Waals surface area contributed by atoms with Gasteiger partial charge in [0.25, 0.3) is 0 Å². The van der Waals surface area contributed by atoms with Crippen LogP contribution in [0.25, 0.3) is 0 Å². The lowest BCUT2D eigenvalue weighted by molar-refractivity contribution is -0.121. The fraction of sp³-hybridized carbons (Fsp3) is 0.455. The molecule has 15 heavy (non-hydrogen) atoms. The van der Waals surface area contributed by atoms with Crippen LogP contribution in [0.4, 0.5) is 0 Å². The second kappa shape index (κ2) is 5.95. The Morgan fingerprint density at radius 2 is 1.93 bits per heavy atom. The molecule has 4 heteroatoms. The van der Waals surface area contributed by atoms with Crippen molar-refractivity contribution in [2.24, 2.45) is 0 Å². The number of benzene rings is 1. The molecule has 0 spiro atoms. The first-order valence-electron chi connectivity index (χ1n) is 4.62. The van der Waals surface area contributed by atoms with E-state index in [1.54, 1.807) is 20.3 Å². The normalized spacial score (nSPS) is 10.7. The molecule has 0 aliphatic heterocycles. The predicted molar refractivity (Wildman–Crippen MR) is 59.5 cm³/mol. The Bertz CT molecular complexity index is 311. The van der Waals surface area contributed by atoms with Crippen LogP contribution in [0.2, 0.25) is 5.02 Å². The summed E-state index contributed by atoms with van der Waals surface area (Å²) in [6.45, 7) is 2.30. The minimum Gasteiger partial charge on any atom is -0.487 e. The van der Waals surface area contributed by atoms with Gasteiger partial charge in [-0.2, -0.15) is 0 Å². The molecule has 84 valence electrons. The van der Waals surface area contributed by atoms with Crippen LogP contribution in [-0.2, 0) is 9.47 Å². The van der Waals surface area contributed by atoms with Crippen molar-refractivity contribution in [3.63, 3.8) is 0 Å². The third kappa shape index (κ3) is 3.70. The zero-order chi connectivity index (χ0) is 11.3. The molecule has 0 saturated carbocycles. The molecule has 0 saturated heterocycles. The first-order valence-corrected chi connectivity index (χ1v) is 4.99. The lowest BCUT2D eigenvalue weighted by Crippen LogP contribution is -2.22. The molecule has 0 N–H and O–H groups in total. The summed E-state index contributed by atoms with van der Waals surface area (Å²) in [5, 5.41) is 0.589. The highest BCUT2D eigenvalue weighted by Crippen LogP contribution is 2.25. The maximum atomic E-state index is 5.96. The van der Waals surface area contributed by atoms with Crippen LogP contribution in [0.5, 0.6) is 5.75 Å². The number of hydrogen-bond donors (Lipinski definition) is 0. The van der Waals surface area contributed by atoms with Crippen molar-refractivity contribution in [1.29, 1.82) is 0 Å². The maximum Gasteiger partial charge on any atom is 0.191 e. The molecule has 0 radical (unpaired) electrons. The van der Waals surface area contributed by atoms with E-state index in [1.807, 2.05) is 19.1 Å². The summed E-state index contributed by atoms with van der Waals surface area (Å²) in [5.41, 5.74) is 1.10. The van der Waals surface area contributed by atoms with Gasteiger partial charge < -0.3 is 14.2 Å². The van der Waals surface area contributed by atoms with Gasteiger partial charge in [0.05, 0.1) is 5.02 Å². The van der Waals surface area contributed by atoms with Crippen molar-refractivity contribution in [1.82, 2.24) is 0 Å². The zero-order valence-corrected chi connectivity index (χ0v) is 9.88. The van der Waals surface area contributed by atoms with Crippen molar-refractivity contribution >= 4 is 11.6 Å². The van der Waals surface area contributed by atoms with Crippen LogP contribution < -0.4 is 4.74 Å². The molecule has 0 aromatic heterocycles. The quantitative estimate of drug-likeness (QED) is 0.728. The number of hydrogen-bond acceptors (Lipinski definition) is 3. The molecule has 0 fully saturated rings. The lowest BCUT2D eigenvalue weighted by atomic mass is 10.2. The molecule has 0 aliphatic rings. The zero-order valence-electron chi connectivity index (χ0n) is 9.12. The Hall–Kier alpha value is -0.770. The molecule has 0 aliphatic carbocycles. The summed E-state index contributed by atoms with van der Waals surface area (Å²) < 4.78 is 15.5. The molecule has 0 unspecified atom stereocenters. The molecular weight excluding hydrogens is 216 g/mol. The number of ether oxygens (including phenoxy) is 3. The topological polar surface area (TPSA) is 27.7 Å². The second-order valence-corrected chi connectivity index (χ2v) is 3.55. The molecule has 1 rings (SSSR count). The highest BCUT2D eigenvalue weighted by Gasteiger charge is 2.08. The third-order valence-electron chi connectivity index (χ3n) is 1.99. The van der Waals surface area contributed by atoms with E-state index in [2.05, 4.69) is 0 Å². The molecule has 0 bridgehead atoms. The Labute approximate surface area is 94.9 Å². The highest BCUT2D eigenvalue weighted by atomic mass is 35.5. The Kier molecular flexibility index (Phi) is 4.88. The van der Waals surface area contributed by atoms with Crippen LogP contribution in [0.15, 0.2) is 18.2 Å². The number of rotatable bonds is 5. The lowest BCUT2D eigenvalue weighted by Gasteiger charge is -2.15. The average Bonchev–Trinajstić information content (AvgIpc) is 2.24. The first kappa shape index (κ1) is 12.3. The van der Waals surface area contributed by atoms with Gasteiger partial charge in [0.1, 0.15) is 12.4 Å². The van der Waals surface area contributed by atoms with Gasteiger partial charge in [0.15, 0.2) is 6.29 Å². The van der Waals surface area contributed by atoms with Gasteiger partial charge >= 0.3 is 0 Å². The van der Waals surface area contributed by atoms with E-state index < -0.39 is 0 Å². The van der Waals surface area contributed by atoms with Crippen molar-refractivity contribution in [3.8, 4) is 5.75 Å². The Balaban J connectivity index is 2.60. The predicted octanol–water partition coefficient (Wildman–Crippen LogP) is 2.65. The number of halogens is 1. The highest BCUT2D eigenvalue weighted by molar-refractivity contribution is 6.32. The van der Waals surface area contributed by atoms with E-state index in [1.165, 1.54) is 0 Å². The number of methoxy groups -OCH3 is 2. The summed E-state index contributed by atoms with van der Waals surface area (Å²) in [4.78, 5) is 0. The van der Waals surface area contributed by atoms with Crippen molar-refractivity contribution in [3.05, 3.63) is 28.8 Å². The number of aryl methyl sites for hydroxylation is 1. The molecule has 3 nitrogen and oxygen atoms in total. The summed E-state index contributed by atoms with van der Waals surface area (Å²) in [6.07, 6.45) is -0.374. The molecule has 0 heterocycles. The largest absolute Gasteiger partial charge is 0.487 e. The second-order valence-electron chi connectivity index (χ2n) is 3.15. The van der Waals surface area contributed by atoms with Gasteiger partial charge in [0.2, 0.25) is 0 Å². The summed E-state index contributed by atoms with van der Waals surface area (Å²) in [6, 6.07) is 5.62. The maximum absolute atomic E-state index is 5.96. The van der Waals surface area contributed by atoms with Gasteiger partial charge in [-0.25, -0.2) is 0 Å². The van der Waals surface area contributed by atoms with Gasteiger partial charge in [-0.1, -0.05) is 17.7 Å². The average molecular weight is 231 g/mol. The summed E-state index contributed by atoms with van der Waals surface area (Å²) >= 11 is 5.96.